The van der Waals surface area contributed by atoms with Gasteiger partial charge in [-0.1, -0.05) is 23.7 Å². The van der Waals surface area contributed by atoms with Crippen LogP contribution in [-0.4, -0.2) is 25.2 Å². The normalized spacial score (nSPS) is 10.5. The van der Waals surface area contributed by atoms with Gasteiger partial charge in [0.1, 0.15) is 18.4 Å². The molecule has 0 aliphatic carbocycles. The van der Waals surface area contributed by atoms with E-state index in [9.17, 15) is 5.26 Å². The van der Waals surface area contributed by atoms with Crippen LogP contribution in [0.3, 0.4) is 0 Å². The average molecular weight is 398 g/mol. The van der Waals surface area contributed by atoms with Gasteiger partial charge in [0.05, 0.1) is 0 Å². The fraction of sp³-hybridized carbons (Fsp3) is 0.238. The summed E-state index contributed by atoms with van der Waals surface area (Å²) in [6, 6.07) is 16.9. The van der Waals surface area contributed by atoms with E-state index in [1.165, 1.54) is 0 Å². The molecule has 0 radical (unpaired) electrons. The first-order valence-corrected chi connectivity index (χ1v) is 9.19. The maximum atomic E-state index is 9.26. The third-order valence-corrected chi connectivity index (χ3v) is 4.22. The van der Waals surface area contributed by atoms with Crippen molar-refractivity contribution in [3.8, 4) is 23.3 Å². The van der Waals surface area contributed by atoms with Crippen molar-refractivity contribution >= 4 is 17.5 Å². The molecule has 2 aromatic carbocycles. The summed E-state index contributed by atoms with van der Waals surface area (Å²) in [6.07, 6.45) is 0.803. The Kier molecular flexibility index (Phi) is 6.90. The Morgan fingerprint density at radius 1 is 1.14 bits per heavy atom. The second kappa shape index (κ2) is 9.79. The number of oxazole rings is 1. The summed E-state index contributed by atoms with van der Waals surface area (Å²) in [7, 11) is 1.65. The van der Waals surface area contributed by atoms with Gasteiger partial charge in [-0.2, -0.15) is 10.2 Å². The maximum Gasteiger partial charge on any atom is 0.232 e. The van der Waals surface area contributed by atoms with Gasteiger partial charge >= 0.3 is 0 Å². The van der Waals surface area contributed by atoms with Crippen LogP contribution in [0.25, 0.3) is 11.5 Å². The number of nitrogens with zero attached hydrogens (tertiary/aromatic N) is 2. The predicted octanol–water partition coefficient (Wildman–Crippen LogP) is 4.89. The molecule has 1 N–H and O–H groups in total. The predicted molar refractivity (Wildman–Crippen MR) is 107 cm³/mol. The highest BCUT2D eigenvalue weighted by molar-refractivity contribution is 6.30. The number of nitrogens with one attached hydrogen (secondary N) is 1. The largest absolute Gasteiger partial charge is 0.489 e. The monoisotopic (exact) mass is 397 g/mol. The van der Waals surface area contributed by atoms with Crippen molar-refractivity contribution in [2.75, 3.05) is 25.6 Å². The molecule has 0 atom stereocenters. The molecular weight excluding hydrogens is 378 g/mol. The minimum Gasteiger partial charge on any atom is -0.489 e. The van der Waals surface area contributed by atoms with E-state index in [0.717, 1.165) is 23.3 Å². The summed E-state index contributed by atoms with van der Waals surface area (Å²) >= 11 is 5.88. The van der Waals surface area contributed by atoms with Crippen molar-refractivity contribution in [3.63, 3.8) is 0 Å². The molecule has 3 rings (SSSR count). The topological polar surface area (TPSA) is 80.3 Å². The van der Waals surface area contributed by atoms with Crippen LogP contribution in [0.1, 0.15) is 17.7 Å². The van der Waals surface area contributed by atoms with E-state index in [0.29, 0.717) is 36.6 Å². The lowest BCUT2D eigenvalue weighted by atomic mass is 10.2. The molecule has 1 heterocycles. The van der Waals surface area contributed by atoms with Crippen LogP contribution in [0.5, 0.6) is 5.75 Å². The lowest BCUT2D eigenvalue weighted by Crippen LogP contribution is -2.04. The van der Waals surface area contributed by atoms with Gasteiger partial charge in [-0.05, 0) is 48.4 Å². The van der Waals surface area contributed by atoms with Gasteiger partial charge in [-0.3, -0.25) is 0 Å². The number of rotatable bonds is 9. The zero-order chi connectivity index (χ0) is 19.8. The standard InChI is InChI=1S/C21H20ClN3O3/c1-26-12-2-11-24-21-19(13-23)25-20(28-21)16-5-9-18(10-6-16)27-14-15-3-7-17(22)8-4-15/h3-10,24H,2,11-12,14H2,1H3. The highest BCUT2D eigenvalue weighted by Gasteiger charge is 2.14. The molecule has 1 aromatic heterocycles. The Morgan fingerprint density at radius 2 is 1.89 bits per heavy atom. The van der Waals surface area contributed by atoms with E-state index in [1.54, 1.807) is 7.11 Å². The third kappa shape index (κ3) is 5.26. The SMILES string of the molecule is COCCCNc1oc(-c2ccc(OCc3ccc(Cl)cc3)cc2)nc1C#N. The van der Waals surface area contributed by atoms with Crippen LogP contribution in [0, 0.1) is 11.3 Å². The zero-order valence-corrected chi connectivity index (χ0v) is 16.2. The van der Waals surface area contributed by atoms with E-state index in [4.69, 9.17) is 25.5 Å². The van der Waals surface area contributed by atoms with Gasteiger partial charge in [-0.25, -0.2) is 0 Å². The van der Waals surface area contributed by atoms with Gasteiger partial charge in [0.15, 0.2) is 0 Å². The Hall–Kier alpha value is -3.01. The fourth-order valence-corrected chi connectivity index (χ4v) is 2.62. The smallest absolute Gasteiger partial charge is 0.232 e. The highest BCUT2D eigenvalue weighted by Crippen LogP contribution is 2.27. The van der Waals surface area contributed by atoms with Crippen molar-refractivity contribution in [2.45, 2.75) is 13.0 Å². The maximum absolute atomic E-state index is 9.26. The van der Waals surface area contributed by atoms with Crippen molar-refractivity contribution in [1.29, 1.82) is 5.26 Å². The molecule has 0 aliphatic rings. The molecule has 144 valence electrons. The number of hydrogen-bond donors (Lipinski definition) is 1. The Bertz CT molecular complexity index is 931. The van der Waals surface area contributed by atoms with Crippen molar-refractivity contribution < 1.29 is 13.9 Å². The Labute approximate surface area is 168 Å². The summed E-state index contributed by atoms with van der Waals surface area (Å²) in [5, 5.41) is 13.0. The van der Waals surface area contributed by atoms with Gasteiger partial charge in [-0.15, -0.1) is 0 Å². The van der Waals surface area contributed by atoms with Crippen LogP contribution < -0.4 is 10.1 Å². The zero-order valence-electron chi connectivity index (χ0n) is 15.4. The number of aromatic nitrogens is 1. The molecule has 0 spiro atoms. The molecule has 0 aliphatic heterocycles. The van der Waals surface area contributed by atoms with Crippen molar-refractivity contribution in [3.05, 3.63) is 64.8 Å². The summed E-state index contributed by atoms with van der Waals surface area (Å²) in [5.74, 6) is 1.48. The number of methoxy groups -OCH3 is 1. The number of anilines is 1. The molecular formula is C21H20ClN3O3. The molecule has 6 nitrogen and oxygen atoms in total. The summed E-state index contributed by atoms with van der Waals surface area (Å²) < 4.78 is 16.5. The van der Waals surface area contributed by atoms with Gasteiger partial charge < -0.3 is 19.2 Å². The van der Waals surface area contributed by atoms with Crippen LogP contribution in [0.4, 0.5) is 5.88 Å². The summed E-state index contributed by atoms with van der Waals surface area (Å²) in [5.41, 5.74) is 2.03. The molecule has 0 bridgehead atoms. The molecule has 0 amide bonds. The molecule has 3 aromatic rings. The first kappa shape index (κ1) is 19.7. The minimum absolute atomic E-state index is 0.232. The second-order valence-corrected chi connectivity index (χ2v) is 6.46. The number of halogens is 1. The third-order valence-electron chi connectivity index (χ3n) is 3.96. The molecule has 0 fully saturated rings. The van der Waals surface area contributed by atoms with E-state index < -0.39 is 0 Å². The second-order valence-electron chi connectivity index (χ2n) is 6.02. The highest BCUT2D eigenvalue weighted by atomic mass is 35.5. The van der Waals surface area contributed by atoms with Crippen molar-refractivity contribution in [2.24, 2.45) is 0 Å². The van der Waals surface area contributed by atoms with Crippen LogP contribution >= 0.6 is 11.6 Å². The summed E-state index contributed by atoms with van der Waals surface area (Å²) in [4.78, 5) is 4.25. The van der Waals surface area contributed by atoms with Gasteiger partial charge in [0, 0.05) is 30.8 Å². The minimum atomic E-state index is 0.232. The van der Waals surface area contributed by atoms with E-state index >= 15 is 0 Å². The Balaban J connectivity index is 1.63. The van der Waals surface area contributed by atoms with Crippen molar-refractivity contribution in [1.82, 2.24) is 4.98 Å². The van der Waals surface area contributed by atoms with Crippen LogP contribution in [0.2, 0.25) is 5.02 Å². The number of ether oxygens (including phenoxy) is 2. The molecule has 0 unspecified atom stereocenters. The number of benzene rings is 2. The summed E-state index contributed by atoms with van der Waals surface area (Å²) in [6.45, 7) is 1.71. The first-order valence-electron chi connectivity index (χ1n) is 8.81. The van der Waals surface area contributed by atoms with E-state index in [2.05, 4.69) is 10.3 Å². The molecule has 28 heavy (non-hydrogen) atoms. The Morgan fingerprint density at radius 3 is 2.57 bits per heavy atom. The lowest BCUT2D eigenvalue weighted by molar-refractivity contribution is 0.197. The number of hydrogen-bond acceptors (Lipinski definition) is 6. The van der Waals surface area contributed by atoms with E-state index in [-0.39, 0.29) is 5.69 Å². The van der Waals surface area contributed by atoms with E-state index in [1.807, 2.05) is 54.6 Å². The molecule has 0 saturated heterocycles. The quantitative estimate of drug-likeness (QED) is 0.517. The fourth-order valence-electron chi connectivity index (χ4n) is 2.50. The van der Waals surface area contributed by atoms with Gasteiger partial charge in [0.2, 0.25) is 17.5 Å². The van der Waals surface area contributed by atoms with Crippen LogP contribution in [0.15, 0.2) is 52.9 Å². The van der Waals surface area contributed by atoms with Crippen LogP contribution in [-0.2, 0) is 11.3 Å². The first-order chi connectivity index (χ1) is 13.7. The number of nitriles is 1. The molecule has 7 heteroatoms. The van der Waals surface area contributed by atoms with Gasteiger partial charge in [0.25, 0.3) is 0 Å². The average Bonchev–Trinajstić information content (AvgIpc) is 3.14. The lowest BCUT2D eigenvalue weighted by Gasteiger charge is -2.07. The molecule has 0 saturated carbocycles.